The molecule has 19 heavy (non-hydrogen) atoms. The minimum Gasteiger partial charge on any atom is -0.396 e. The lowest BCUT2D eigenvalue weighted by atomic mass is 10.2. The van der Waals surface area contributed by atoms with Crippen LogP contribution in [0.2, 0.25) is 18.1 Å². The van der Waals surface area contributed by atoms with Crippen molar-refractivity contribution in [2.45, 2.75) is 45.3 Å². The zero-order valence-electron chi connectivity index (χ0n) is 12.2. The maximum atomic E-state index is 11.5. The largest absolute Gasteiger partial charge is 0.500 e. The number of hydrogen-bond acceptors (Lipinski definition) is 6. The van der Waals surface area contributed by atoms with E-state index in [9.17, 15) is 9.46 Å². The van der Waals surface area contributed by atoms with E-state index < -0.39 is 22.9 Å². The first kappa shape index (κ1) is 19.2. The van der Waals surface area contributed by atoms with Gasteiger partial charge in [-0.1, -0.05) is 20.8 Å². The van der Waals surface area contributed by atoms with E-state index in [1.165, 1.54) is 0 Å². The van der Waals surface area contributed by atoms with E-state index in [4.69, 9.17) is 14.4 Å². The van der Waals surface area contributed by atoms with E-state index in [0.717, 1.165) is 0 Å². The Morgan fingerprint density at radius 3 is 2.32 bits per heavy atom. The Morgan fingerprint density at radius 1 is 1.26 bits per heavy atom. The Balaban J connectivity index is 4.07. The van der Waals surface area contributed by atoms with Crippen LogP contribution in [0.1, 0.15) is 27.2 Å². The van der Waals surface area contributed by atoms with Gasteiger partial charge in [-0.3, -0.25) is 9.10 Å². The topological polar surface area (TPSA) is 94.5 Å². The summed E-state index contributed by atoms with van der Waals surface area (Å²) in [7, 11) is -6.57. The van der Waals surface area contributed by atoms with Gasteiger partial charge in [-0.05, 0) is 24.6 Å². The van der Waals surface area contributed by atoms with Crippen LogP contribution < -0.4 is 0 Å². The van der Waals surface area contributed by atoms with Crippen LogP contribution in [0.3, 0.4) is 0 Å². The van der Waals surface area contributed by atoms with E-state index in [1.807, 2.05) is 33.9 Å². The van der Waals surface area contributed by atoms with Gasteiger partial charge < -0.3 is 14.7 Å². The quantitative estimate of drug-likeness (QED) is 0.168. The summed E-state index contributed by atoms with van der Waals surface area (Å²) >= 11 is 0. The van der Waals surface area contributed by atoms with Gasteiger partial charge >= 0.3 is 7.82 Å². The molecule has 1 atom stereocenters. The molecule has 0 aromatic rings. The molecule has 0 fully saturated rings. The van der Waals surface area contributed by atoms with Crippen molar-refractivity contribution < 1.29 is 33.1 Å². The molecule has 7 nitrogen and oxygen atoms in total. The number of ether oxygens (including phenoxy) is 1. The Bertz CT molecular complexity index is 303. The average Bonchev–Trinajstić information content (AvgIpc) is 2.25. The molecule has 1 unspecified atom stereocenters. The molecule has 0 spiro atoms. The maximum absolute atomic E-state index is 11.5. The van der Waals surface area contributed by atoms with Crippen molar-refractivity contribution in [1.82, 2.24) is 0 Å². The summed E-state index contributed by atoms with van der Waals surface area (Å²) in [6, 6.07) is 0. The number of rotatable bonds is 9. The number of phosphoric ester groups is 1. The van der Waals surface area contributed by atoms with Gasteiger partial charge in [-0.2, -0.15) is 0 Å². The average molecular weight is 316 g/mol. The monoisotopic (exact) mass is 316 g/mol. The Kier molecular flexibility index (Phi) is 7.93. The molecule has 0 radical (unpaired) electrons. The number of aliphatic hydroxyl groups is 1. The van der Waals surface area contributed by atoms with Crippen LogP contribution in [0.5, 0.6) is 0 Å². The lowest BCUT2D eigenvalue weighted by Crippen LogP contribution is -2.40. The Hall–Kier alpha value is 0.207. The maximum Gasteiger partial charge on any atom is 0.500 e. The molecule has 0 saturated carbocycles. The Labute approximate surface area is 115 Å². The molecule has 0 aliphatic rings. The van der Waals surface area contributed by atoms with Crippen molar-refractivity contribution in [1.29, 1.82) is 0 Å². The molecule has 0 aromatic carbocycles. The van der Waals surface area contributed by atoms with Gasteiger partial charge in [-0.25, -0.2) is 4.57 Å². The standard InChI is InChI=1S/C10H25O7PSi/c1-10(2,3)19(4,5)17-16-18(12,13)15-9-14-8-6-7-11/h11H,6-9H2,1-5H3,(H,12,13). The molecule has 9 heteroatoms. The third-order valence-electron chi connectivity index (χ3n) is 2.89. The zero-order chi connectivity index (χ0) is 15.2. The first-order chi connectivity index (χ1) is 8.52. The van der Waals surface area contributed by atoms with Crippen LogP contribution in [-0.2, 0) is 23.1 Å². The lowest BCUT2D eigenvalue weighted by Gasteiger charge is -2.34. The molecule has 0 aliphatic heterocycles. The third-order valence-corrected chi connectivity index (χ3v) is 7.84. The number of aliphatic hydroxyl groups excluding tert-OH is 1. The van der Waals surface area contributed by atoms with Gasteiger partial charge in [0, 0.05) is 6.61 Å². The van der Waals surface area contributed by atoms with Crippen LogP contribution in [-0.4, -0.2) is 38.3 Å². The lowest BCUT2D eigenvalue weighted by molar-refractivity contribution is -0.151. The summed E-state index contributed by atoms with van der Waals surface area (Å²) in [4.78, 5) is 9.38. The van der Waals surface area contributed by atoms with Gasteiger partial charge in [0.2, 0.25) is 8.32 Å². The minimum atomic E-state index is -4.28. The van der Waals surface area contributed by atoms with E-state index in [-0.39, 0.29) is 18.3 Å². The van der Waals surface area contributed by atoms with Crippen molar-refractivity contribution in [3.63, 3.8) is 0 Å². The van der Waals surface area contributed by atoms with Crippen LogP contribution in [0.4, 0.5) is 0 Å². The first-order valence-corrected chi connectivity index (χ1v) is 10.5. The second-order valence-corrected chi connectivity index (χ2v) is 11.7. The summed E-state index contributed by atoms with van der Waals surface area (Å²) in [6.45, 7) is 9.52. The van der Waals surface area contributed by atoms with Crippen molar-refractivity contribution in [2.24, 2.45) is 0 Å². The molecule has 2 N–H and O–H groups in total. The fraction of sp³-hybridized carbons (Fsp3) is 1.00. The summed E-state index contributed by atoms with van der Waals surface area (Å²) < 4.78 is 30.6. The molecular formula is C10H25O7PSi. The van der Waals surface area contributed by atoms with Gasteiger partial charge in [0.25, 0.3) is 0 Å². The molecule has 0 aliphatic carbocycles. The molecule has 0 rings (SSSR count). The Morgan fingerprint density at radius 2 is 1.84 bits per heavy atom. The second-order valence-electron chi connectivity index (χ2n) is 5.62. The van der Waals surface area contributed by atoms with E-state index in [1.54, 1.807) is 0 Å². The predicted molar refractivity (Wildman–Crippen MR) is 72.8 cm³/mol. The molecule has 116 valence electrons. The van der Waals surface area contributed by atoms with Crippen LogP contribution >= 0.6 is 7.82 Å². The summed E-state index contributed by atoms with van der Waals surface area (Å²) in [6.07, 6.45) is 0.431. The highest BCUT2D eigenvalue weighted by atomic mass is 31.2. The normalized spacial score (nSPS) is 16.4. The molecule has 0 aromatic heterocycles. The highest BCUT2D eigenvalue weighted by Crippen LogP contribution is 2.46. The summed E-state index contributed by atoms with van der Waals surface area (Å²) in [5, 5.41) is 8.36. The first-order valence-electron chi connectivity index (χ1n) is 6.05. The van der Waals surface area contributed by atoms with Gasteiger partial charge in [0.1, 0.15) is 0 Å². The van der Waals surface area contributed by atoms with Crippen molar-refractivity contribution in [3.8, 4) is 0 Å². The van der Waals surface area contributed by atoms with Crippen molar-refractivity contribution >= 4 is 16.1 Å². The molecule has 0 heterocycles. The molecule has 0 saturated heterocycles. The smallest absolute Gasteiger partial charge is 0.396 e. The number of hydrogen-bond donors (Lipinski definition) is 2. The highest BCUT2D eigenvalue weighted by Gasteiger charge is 2.41. The minimum absolute atomic E-state index is 0.0121. The molecule has 0 bridgehead atoms. The summed E-state index contributed by atoms with van der Waals surface area (Å²) in [5.74, 6) is 0. The predicted octanol–water partition coefficient (Wildman–Crippen LogP) is 2.41. The van der Waals surface area contributed by atoms with Crippen LogP contribution in [0.25, 0.3) is 0 Å². The SMILES string of the molecule is CC(C)(C)[Si](C)(C)OOP(=O)(O)OCOCCCO. The van der Waals surface area contributed by atoms with Crippen molar-refractivity contribution in [2.75, 3.05) is 20.0 Å². The molecular weight excluding hydrogens is 291 g/mol. The van der Waals surface area contributed by atoms with Gasteiger partial charge in [0.05, 0.1) is 6.61 Å². The molecule has 0 amide bonds. The van der Waals surface area contributed by atoms with E-state index in [0.29, 0.717) is 6.42 Å². The summed E-state index contributed by atoms with van der Waals surface area (Å²) in [5.41, 5.74) is 0. The fourth-order valence-electron chi connectivity index (χ4n) is 0.616. The van der Waals surface area contributed by atoms with Crippen LogP contribution in [0, 0.1) is 0 Å². The third kappa shape index (κ3) is 8.16. The fourth-order valence-corrected chi connectivity index (χ4v) is 2.24. The highest BCUT2D eigenvalue weighted by molar-refractivity contribution is 7.47. The van der Waals surface area contributed by atoms with Gasteiger partial charge in [-0.15, -0.1) is 4.67 Å². The van der Waals surface area contributed by atoms with Gasteiger partial charge in [0.15, 0.2) is 6.79 Å². The van der Waals surface area contributed by atoms with E-state index in [2.05, 4.69) is 9.20 Å². The van der Waals surface area contributed by atoms with Crippen LogP contribution in [0.15, 0.2) is 0 Å². The second kappa shape index (κ2) is 7.85. The van der Waals surface area contributed by atoms with E-state index >= 15 is 0 Å². The zero-order valence-corrected chi connectivity index (χ0v) is 14.1. The van der Waals surface area contributed by atoms with Crippen molar-refractivity contribution in [3.05, 3.63) is 0 Å². The number of phosphoric acid groups is 1.